The van der Waals surface area contributed by atoms with Crippen LogP contribution >= 0.6 is 0 Å². The first kappa shape index (κ1) is 14.8. The topological polar surface area (TPSA) is 72.4 Å². The minimum atomic E-state index is -0.0508. The van der Waals surface area contributed by atoms with Crippen molar-refractivity contribution in [3.05, 3.63) is 58.4 Å². The molecule has 0 aliphatic carbocycles. The quantitative estimate of drug-likeness (QED) is 0.508. The minimum absolute atomic E-state index is 0.0508. The number of para-hydroxylation sites is 1. The van der Waals surface area contributed by atoms with Gasteiger partial charge in [0.1, 0.15) is 0 Å². The Labute approximate surface area is 123 Å². The maximum Gasteiger partial charge on any atom is 0.255 e. The van der Waals surface area contributed by atoms with Gasteiger partial charge in [-0.2, -0.15) is 0 Å². The summed E-state index contributed by atoms with van der Waals surface area (Å²) in [4.78, 5) is 16.5. The van der Waals surface area contributed by atoms with Gasteiger partial charge in [0, 0.05) is 19.2 Å². The van der Waals surface area contributed by atoms with Gasteiger partial charge in [0.2, 0.25) is 0 Å². The Morgan fingerprint density at radius 1 is 1.43 bits per heavy atom. The van der Waals surface area contributed by atoms with Crippen molar-refractivity contribution in [1.29, 1.82) is 0 Å². The average molecular weight is 284 g/mol. The molecule has 0 fully saturated rings. The molecule has 2 rings (SSSR count). The number of nitrogens with zero attached hydrogens (tertiary/aromatic N) is 2. The van der Waals surface area contributed by atoms with Gasteiger partial charge >= 0.3 is 0 Å². The van der Waals surface area contributed by atoms with Gasteiger partial charge < -0.3 is 15.6 Å². The van der Waals surface area contributed by atoms with Crippen molar-refractivity contribution in [1.82, 2.24) is 9.88 Å². The van der Waals surface area contributed by atoms with Gasteiger partial charge in [0.05, 0.1) is 12.1 Å². The lowest BCUT2D eigenvalue weighted by atomic mass is 10.1. The Bertz CT molecular complexity index is 758. The van der Waals surface area contributed by atoms with Crippen LogP contribution in [-0.2, 0) is 13.6 Å². The minimum Gasteiger partial charge on any atom is -0.370 e. The molecule has 1 aromatic carbocycles. The number of aryl methyl sites for hydroxylation is 1. The molecule has 21 heavy (non-hydrogen) atoms. The van der Waals surface area contributed by atoms with E-state index in [1.165, 1.54) is 0 Å². The van der Waals surface area contributed by atoms with Crippen LogP contribution in [-0.4, -0.2) is 17.1 Å². The van der Waals surface area contributed by atoms with E-state index >= 15 is 0 Å². The third-order valence-corrected chi connectivity index (χ3v) is 3.20. The number of hydrogen-bond donors (Lipinski definition) is 2. The van der Waals surface area contributed by atoms with Crippen LogP contribution in [0.3, 0.4) is 0 Å². The number of nitrogens with two attached hydrogens (primary N) is 1. The standard InChI is InChI=1S/C16H20N4O/c1-11(2)9-18-16(17)19-10-13-8-12-6-4-5-7-14(12)20(3)15(13)21/h4-8H,1,9-10H2,2-3H3,(H3,17,18,19). The summed E-state index contributed by atoms with van der Waals surface area (Å²) in [5, 5.41) is 3.96. The van der Waals surface area contributed by atoms with Gasteiger partial charge in [0.25, 0.3) is 5.56 Å². The summed E-state index contributed by atoms with van der Waals surface area (Å²) in [6.07, 6.45) is 0. The third-order valence-electron chi connectivity index (χ3n) is 3.20. The first-order valence-corrected chi connectivity index (χ1v) is 6.75. The van der Waals surface area contributed by atoms with Gasteiger partial charge in [0.15, 0.2) is 5.96 Å². The van der Waals surface area contributed by atoms with Crippen molar-refractivity contribution < 1.29 is 0 Å². The van der Waals surface area contributed by atoms with Crippen LogP contribution in [0.25, 0.3) is 10.9 Å². The second kappa shape index (κ2) is 6.26. The maximum absolute atomic E-state index is 12.3. The zero-order valence-electron chi connectivity index (χ0n) is 12.4. The van der Waals surface area contributed by atoms with E-state index in [1.54, 1.807) is 11.6 Å². The Kier molecular flexibility index (Phi) is 4.42. The number of aliphatic imine (C=N–C) groups is 1. The van der Waals surface area contributed by atoms with E-state index in [9.17, 15) is 4.79 Å². The molecule has 1 heterocycles. The van der Waals surface area contributed by atoms with E-state index < -0.39 is 0 Å². The fourth-order valence-corrected chi connectivity index (χ4v) is 2.07. The molecular formula is C16H20N4O. The molecule has 0 unspecified atom stereocenters. The molecule has 0 aliphatic rings. The number of rotatable bonds is 4. The van der Waals surface area contributed by atoms with Crippen molar-refractivity contribution in [2.75, 3.05) is 6.54 Å². The number of pyridine rings is 1. The molecule has 1 aromatic heterocycles. The van der Waals surface area contributed by atoms with Gasteiger partial charge in [-0.15, -0.1) is 0 Å². The van der Waals surface area contributed by atoms with Crippen LogP contribution in [0.4, 0.5) is 0 Å². The van der Waals surface area contributed by atoms with Gasteiger partial charge in [-0.25, -0.2) is 4.99 Å². The summed E-state index contributed by atoms with van der Waals surface area (Å²) in [5.41, 5.74) is 8.20. The van der Waals surface area contributed by atoms with E-state index in [4.69, 9.17) is 5.73 Å². The van der Waals surface area contributed by atoms with Crippen LogP contribution in [0.2, 0.25) is 0 Å². The lowest BCUT2D eigenvalue weighted by Gasteiger charge is -2.08. The molecule has 0 spiro atoms. The van der Waals surface area contributed by atoms with Gasteiger partial charge in [-0.3, -0.25) is 4.79 Å². The predicted molar refractivity (Wildman–Crippen MR) is 87.3 cm³/mol. The molecule has 110 valence electrons. The van der Waals surface area contributed by atoms with E-state index in [0.29, 0.717) is 18.1 Å². The Balaban J connectivity index is 2.27. The van der Waals surface area contributed by atoms with E-state index in [0.717, 1.165) is 16.5 Å². The fourth-order valence-electron chi connectivity index (χ4n) is 2.07. The highest BCUT2D eigenvalue weighted by Crippen LogP contribution is 2.12. The molecule has 5 heteroatoms. The Morgan fingerprint density at radius 2 is 2.14 bits per heavy atom. The Morgan fingerprint density at radius 3 is 2.86 bits per heavy atom. The molecule has 0 atom stereocenters. The highest BCUT2D eigenvalue weighted by atomic mass is 16.1. The zero-order chi connectivity index (χ0) is 15.4. The van der Waals surface area contributed by atoms with E-state index in [1.807, 2.05) is 37.3 Å². The number of guanidine groups is 1. The molecule has 5 nitrogen and oxygen atoms in total. The molecule has 3 N–H and O–H groups in total. The molecule has 2 aromatic rings. The molecule has 0 bridgehead atoms. The molecule has 0 saturated carbocycles. The van der Waals surface area contributed by atoms with Crippen molar-refractivity contribution in [2.24, 2.45) is 17.8 Å². The first-order valence-electron chi connectivity index (χ1n) is 6.75. The molecule has 0 aliphatic heterocycles. The van der Waals surface area contributed by atoms with Crippen molar-refractivity contribution >= 4 is 16.9 Å². The largest absolute Gasteiger partial charge is 0.370 e. The number of fused-ring (bicyclic) bond motifs is 1. The highest BCUT2D eigenvalue weighted by molar-refractivity contribution is 5.80. The summed E-state index contributed by atoms with van der Waals surface area (Å²) in [6.45, 7) is 6.51. The van der Waals surface area contributed by atoms with Crippen molar-refractivity contribution in [2.45, 2.75) is 13.5 Å². The molecule has 0 amide bonds. The summed E-state index contributed by atoms with van der Waals surface area (Å²) < 4.78 is 1.64. The first-order chi connectivity index (χ1) is 9.99. The van der Waals surface area contributed by atoms with Crippen molar-refractivity contribution in [3.63, 3.8) is 0 Å². The van der Waals surface area contributed by atoms with Crippen molar-refractivity contribution in [3.8, 4) is 0 Å². The number of benzene rings is 1. The highest BCUT2D eigenvalue weighted by Gasteiger charge is 2.05. The van der Waals surface area contributed by atoms with Gasteiger partial charge in [-0.05, 0) is 24.4 Å². The second-order valence-electron chi connectivity index (χ2n) is 5.10. The molecule has 0 saturated heterocycles. The van der Waals surface area contributed by atoms with Crippen LogP contribution < -0.4 is 16.6 Å². The lowest BCUT2D eigenvalue weighted by molar-refractivity contribution is 0.863. The monoisotopic (exact) mass is 284 g/mol. The Hall–Kier alpha value is -2.56. The predicted octanol–water partition coefficient (Wildman–Crippen LogP) is 1.52. The van der Waals surface area contributed by atoms with Crippen LogP contribution in [0, 0.1) is 0 Å². The van der Waals surface area contributed by atoms with Crippen LogP contribution in [0.1, 0.15) is 12.5 Å². The lowest BCUT2D eigenvalue weighted by Crippen LogP contribution is -2.33. The number of hydrogen-bond acceptors (Lipinski definition) is 2. The summed E-state index contributed by atoms with van der Waals surface area (Å²) >= 11 is 0. The molecular weight excluding hydrogens is 264 g/mol. The normalized spacial score (nSPS) is 11.6. The fraction of sp³-hybridized carbons (Fsp3) is 0.250. The zero-order valence-corrected chi connectivity index (χ0v) is 12.4. The van der Waals surface area contributed by atoms with E-state index in [-0.39, 0.29) is 12.1 Å². The molecule has 0 radical (unpaired) electrons. The second-order valence-corrected chi connectivity index (χ2v) is 5.10. The average Bonchev–Trinajstić information content (AvgIpc) is 2.47. The SMILES string of the molecule is C=C(C)CNC(N)=NCc1cc2ccccc2n(C)c1=O. The summed E-state index contributed by atoms with van der Waals surface area (Å²) in [6, 6.07) is 9.63. The summed E-state index contributed by atoms with van der Waals surface area (Å²) in [7, 11) is 1.76. The van der Waals surface area contributed by atoms with E-state index in [2.05, 4.69) is 16.9 Å². The van der Waals surface area contributed by atoms with Crippen LogP contribution in [0.5, 0.6) is 0 Å². The smallest absolute Gasteiger partial charge is 0.255 e. The van der Waals surface area contributed by atoms with Crippen LogP contribution in [0.15, 0.2) is 52.3 Å². The number of nitrogens with one attached hydrogen (secondary N) is 1. The van der Waals surface area contributed by atoms with Gasteiger partial charge in [-0.1, -0.05) is 30.4 Å². The number of aromatic nitrogens is 1. The maximum atomic E-state index is 12.3. The summed E-state index contributed by atoms with van der Waals surface area (Å²) in [5.74, 6) is 0.313. The third kappa shape index (κ3) is 3.51.